The molecule has 0 amide bonds. The van der Waals surface area contributed by atoms with E-state index in [1.165, 1.54) is 0 Å². The Morgan fingerprint density at radius 2 is 1.89 bits per heavy atom. The number of rotatable bonds is 10. The molecule has 4 nitrogen and oxygen atoms in total. The Morgan fingerprint density at radius 3 is 2.58 bits per heavy atom. The van der Waals surface area contributed by atoms with Crippen molar-refractivity contribution < 1.29 is 18.9 Å². The van der Waals surface area contributed by atoms with Crippen LogP contribution in [-0.2, 0) is 14.8 Å². The van der Waals surface area contributed by atoms with Crippen LogP contribution in [-0.4, -0.2) is 40.6 Å². The molecule has 0 aliphatic heterocycles. The van der Waals surface area contributed by atoms with Gasteiger partial charge in [-0.05, 0) is 6.07 Å². The first-order chi connectivity index (χ1) is 9.31. The number of halogens is 1. The fourth-order valence-corrected chi connectivity index (χ4v) is 1.96. The van der Waals surface area contributed by atoms with E-state index in [2.05, 4.69) is 15.9 Å². The van der Waals surface area contributed by atoms with Crippen LogP contribution < -0.4 is 9.47 Å². The summed E-state index contributed by atoms with van der Waals surface area (Å²) in [6, 6.07) is 5.83. The highest BCUT2D eigenvalue weighted by Crippen LogP contribution is 2.26. The van der Waals surface area contributed by atoms with E-state index >= 15 is 0 Å². The lowest BCUT2D eigenvalue weighted by Crippen LogP contribution is -2.07. The second kappa shape index (κ2) is 10.1. The summed E-state index contributed by atoms with van der Waals surface area (Å²) in [5.74, 6) is 1.66. The molecule has 0 heterocycles. The Balaban J connectivity index is 2.31. The van der Waals surface area contributed by atoms with Crippen molar-refractivity contribution in [3.63, 3.8) is 0 Å². The quantitative estimate of drug-likeness (QED) is 0.487. The van der Waals surface area contributed by atoms with Gasteiger partial charge in [-0.2, -0.15) is 0 Å². The molecule has 108 valence electrons. The van der Waals surface area contributed by atoms with Crippen molar-refractivity contribution >= 4 is 15.9 Å². The fraction of sp³-hybridized carbons (Fsp3) is 0.571. The zero-order valence-electron chi connectivity index (χ0n) is 11.5. The number of hydrogen-bond acceptors (Lipinski definition) is 4. The van der Waals surface area contributed by atoms with Crippen molar-refractivity contribution in [1.29, 1.82) is 0 Å². The normalized spacial score (nSPS) is 10.5. The first kappa shape index (κ1) is 16.3. The third-order valence-corrected chi connectivity index (χ3v) is 3.14. The molecule has 0 saturated carbocycles. The molecule has 1 rings (SSSR count). The van der Waals surface area contributed by atoms with Gasteiger partial charge in [-0.1, -0.05) is 22.0 Å². The average molecular weight is 333 g/mol. The van der Waals surface area contributed by atoms with Crippen LogP contribution in [0.2, 0.25) is 0 Å². The molecule has 0 aliphatic rings. The smallest absolute Gasteiger partial charge is 0.127 e. The van der Waals surface area contributed by atoms with E-state index in [1.54, 1.807) is 14.2 Å². The maximum atomic E-state index is 5.76. The minimum absolute atomic E-state index is 0.625. The number of hydrogen-bond donors (Lipinski definition) is 0. The molecule has 0 aliphatic carbocycles. The van der Waals surface area contributed by atoms with Gasteiger partial charge in [0.25, 0.3) is 0 Å². The number of ether oxygens (including phenoxy) is 4. The van der Waals surface area contributed by atoms with Gasteiger partial charge >= 0.3 is 0 Å². The van der Waals surface area contributed by atoms with Crippen LogP contribution >= 0.6 is 15.9 Å². The fourth-order valence-electron chi connectivity index (χ4n) is 1.49. The predicted octanol–water partition coefficient (Wildman–Crippen LogP) is 3.02. The zero-order valence-corrected chi connectivity index (χ0v) is 13.1. The van der Waals surface area contributed by atoms with E-state index in [0.29, 0.717) is 26.4 Å². The largest absolute Gasteiger partial charge is 0.497 e. The van der Waals surface area contributed by atoms with Gasteiger partial charge in [0.15, 0.2) is 0 Å². The monoisotopic (exact) mass is 332 g/mol. The summed E-state index contributed by atoms with van der Waals surface area (Å²) in [7, 11) is 3.31. The number of methoxy groups -OCH3 is 2. The standard InChI is InChI=1S/C14H21BrO4/c1-16-8-9-18-6-3-7-19-14-10-13(17-2)5-4-12(14)11-15/h4-5,10H,3,6-9,11H2,1-2H3. The van der Waals surface area contributed by atoms with Gasteiger partial charge in [0.1, 0.15) is 11.5 Å². The summed E-state index contributed by atoms with van der Waals surface area (Å²) >= 11 is 3.45. The third-order valence-electron chi connectivity index (χ3n) is 2.54. The highest BCUT2D eigenvalue weighted by Gasteiger charge is 2.04. The topological polar surface area (TPSA) is 36.9 Å². The van der Waals surface area contributed by atoms with Crippen molar-refractivity contribution in [1.82, 2.24) is 0 Å². The molecule has 0 radical (unpaired) electrons. The predicted molar refractivity (Wildman–Crippen MR) is 78.4 cm³/mol. The highest BCUT2D eigenvalue weighted by molar-refractivity contribution is 9.08. The van der Waals surface area contributed by atoms with E-state index in [9.17, 15) is 0 Å². The van der Waals surface area contributed by atoms with Crippen LogP contribution in [0.25, 0.3) is 0 Å². The van der Waals surface area contributed by atoms with Gasteiger partial charge in [0.05, 0.1) is 26.9 Å². The van der Waals surface area contributed by atoms with Gasteiger partial charge in [-0.3, -0.25) is 0 Å². The molecule has 1 aromatic rings. The molecule has 5 heteroatoms. The van der Waals surface area contributed by atoms with Crippen molar-refractivity contribution in [3.05, 3.63) is 23.8 Å². The molecule has 0 saturated heterocycles. The molecular weight excluding hydrogens is 312 g/mol. The molecule has 0 N–H and O–H groups in total. The van der Waals surface area contributed by atoms with Gasteiger partial charge in [0.2, 0.25) is 0 Å². The van der Waals surface area contributed by atoms with E-state index in [1.807, 2.05) is 18.2 Å². The summed E-state index contributed by atoms with van der Waals surface area (Å²) in [6.45, 7) is 2.56. The molecule has 0 spiro atoms. The van der Waals surface area contributed by atoms with Gasteiger partial charge in [-0.15, -0.1) is 0 Å². The van der Waals surface area contributed by atoms with E-state index in [4.69, 9.17) is 18.9 Å². The molecule has 0 fully saturated rings. The Morgan fingerprint density at radius 1 is 1.05 bits per heavy atom. The van der Waals surface area contributed by atoms with Crippen molar-refractivity contribution in [2.75, 3.05) is 40.6 Å². The minimum Gasteiger partial charge on any atom is -0.497 e. The van der Waals surface area contributed by atoms with Crippen molar-refractivity contribution in [2.45, 2.75) is 11.8 Å². The zero-order chi connectivity index (χ0) is 13.9. The molecule has 0 atom stereocenters. The third kappa shape index (κ3) is 6.27. The van der Waals surface area contributed by atoms with E-state index in [0.717, 1.165) is 28.8 Å². The number of benzene rings is 1. The minimum atomic E-state index is 0.625. The second-order valence-electron chi connectivity index (χ2n) is 3.91. The summed E-state index contributed by atoms with van der Waals surface area (Å²) in [5.41, 5.74) is 1.11. The second-order valence-corrected chi connectivity index (χ2v) is 4.48. The van der Waals surface area contributed by atoms with Gasteiger partial charge < -0.3 is 18.9 Å². The molecule has 1 aromatic carbocycles. The van der Waals surface area contributed by atoms with Crippen LogP contribution in [0.5, 0.6) is 11.5 Å². The summed E-state index contributed by atoms with van der Waals surface area (Å²) in [5, 5.41) is 0.761. The first-order valence-corrected chi connectivity index (χ1v) is 7.36. The van der Waals surface area contributed by atoms with Crippen LogP contribution in [0.3, 0.4) is 0 Å². The lowest BCUT2D eigenvalue weighted by Gasteiger charge is -2.11. The maximum absolute atomic E-state index is 5.76. The lowest BCUT2D eigenvalue weighted by molar-refractivity contribution is 0.0644. The van der Waals surface area contributed by atoms with E-state index in [-0.39, 0.29) is 0 Å². The highest BCUT2D eigenvalue weighted by atomic mass is 79.9. The van der Waals surface area contributed by atoms with Crippen LogP contribution in [0.4, 0.5) is 0 Å². The van der Waals surface area contributed by atoms with Crippen LogP contribution in [0.15, 0.2) is 18.2 Å². The Kier molecular flexibility index (Phi) is 8.62. The lowest BCUT2D eigenvalue weighted by atomic mass is 10.2. The summed E-state index contributed by atoms with van der Waals surface area (Å²) in [4.78, 5) is 0. The van der Waals surface area contributed by atoms with Crippen LogP contribution in [0, 0.1) is 0 Å². The van der Waals surface area contributed by atoms with Gasteiger partial charge in [-0.25, -0.2) is 0 Å². The van der Waals surface area contributed by atoms with Gasteiger partial charge in [0, 0.05) is 37.1 Å². The Labute approximate surface area is 123 Å². The molecule has 19 heavy (non-hydrogen) atoms. The molecule has 0 aromatic heterocycles. The maximum Gasteiger partial charge on any atom is 0.127 e. The summed E-state index contributed by atoms with van der Waals surface area (Å²) in [6.07, 6.45) is 0.850. The van der Waals surface area contributed by atoms with Crippen LogP contribution in [0.1, 0.15) is 12.0 Å². The SMILES string of the molecule is COCCOCCCOc1cc(OC)ccc1CBr. The Hall–Kier alpha value is -0.780. The molecular formula is C14H21BrO4. The molecule has 0 unspecified atom stereocenters. The van der Waals surface area contributed by atoms with Crippen molar-refractivity contribution in [3.8, 4) is 11.5 Å². The first-order valence-electron chi connectivity index (χ1n) is 6.24. The Bertz CT molecular complexity index is 357. The molecule has 0 bridgehead atoms. The van der Waals surface area contributed by atoms with E-state index < -0.39 is 0 Å². The van der Waals surface area contributed by atoms with Crippen molar-refractivity contribution in [2.24, 2.45) is 0 Å². The summed E-state index contributed by atoms with van der Waals surface area (Å²) < 4.78 is 21.2. The average Bonchev–Trinajstić information content (AvgIpc) is 2.46. The number of alkyl halides is 1.